The standard InChI is InChI=1S/C48H68N10O10/c1-43(2,3)65-39(61)52-37(53-40(62)66-44(4,5)6)49-29-30-13-15-32(16-14-30)50-35(59)47-21-24-48(25-22-47,26-23-47)36(60)51-34-18-17-33(56-57-34)31-19-27-58(28-20-31)38(54-41(63)67-45(7,8)9)55-42(64)68-46(10,11)12/h13-19H,20-29H2,1-12H3,(H,50,59)(H,51,57,60)(H,54,55,63,64)(H2,49,52,53,61,62). The Morgan fingerprint density at radius 2 is 1.12 bits per heavy atom. The highest BCUT2D eigenvalue weighted by Gasteiger charge is 2.55. The minimum atomic E-state index is -0.889. The second-order valence-corrected chi connectivity index (χ2v) is 21.4. The van der Waals surface area contributed by atoms with Crippen molar-refractivity contribution in [3.05, 3.63) is 53.7 Å². The molecular weight excluding hydrogens is 877 g/mol. The Morgan fingerprint density at radius 1 is 0.618 bits per heavy atom. The second kappa shape index (κ2) is 20.7. The van der Waals surface area contributed by atoms with Crippen LogP contribution in [0.15, 0.2) is 52.5 Å². The number of aromatic nitrogens is 2. The van der Waals surface area contributed by atoms with Crippen LogP contribution in [0.25, 0.3) is 5.57 Å². The summed E-state index contributed by atoms with van der Waals surface area (Å²) in [4.78, 5) is 87.4. The number of hydrogen-bond acceptors (Lipinski definition) is 12. The van der Waals surface area contributed by atoms with Gasteiger partial charge in [-0.05, 0) is 163 Å². The molecule has 3 aliphatic carbocycles. The van der Waals surface area contributed by atoms with E-state index in [1.165, 1.54) is 0 Å². The molecule has 1 aliphatic heterocycles. The van der Waals surface area contributed by atoms with Crippen LogP contribution < -0.4 is 26.6 Å². The van der Waals surface area contributed by atoms with E-state index in [9.17, 15) is 28.8 Å². The lowest BCUT2D eigenvalue weighted by molar-refractivity contribution is -0.144. The molecule has 0 unspecified atom stereocenters. The van der Waals surface area contributed by atoms with E-state index in [-0.39, 0.29) is 30.3 Å². The van der Waals surface area contributed by atoms with Crippen molar-refractivity contribution >= 4 is 65.2 Å². The maximum absolute atomic E-state index is 13.8. The van der Waals surface area contributed by atoms with Gasteiger partial charge in [-0.1, -0.05) is 18.2 Å². The molecule has 2 heterocycles. The molecule has 20 heteroatoms. The first-order valence-electron chi connectivity index (χ1n) is 22.9. The van der Waals surface area contributed by atoms with Crippen LogP contribution >= 0.6 is 0 Å². The molecule has 68 heavy (non-hydrogen) atoms. The van der Waals surface area contributed by atoms with E-state index in [0.29, 0.717) is 75.2 Å². The number of carbonyl (C=O) groups is 6. The Labute approximate surface area is 398 Å². The Morgan fingerprint density at radius 3 is 1.59 bits per heavy atom. The Hall–Kier alpha value is -6.60. The molecule has 1 aromatic heterocycles. The molecule has 0 spiro atoms. The van der Waals surface area contributed by atoms with Gasteiger partial charge in [0, 0.05) is 36.2 Å². The Balaban J connectivity index is 1.13. The molecule has 370 valence electrons. The Kier molecular flexibility index (Phi) is 16.0. The fourth-order valence-electron chi connectivity index (χ4n) is 7.77. The fraction of sp³-hybridized carbons (Fsp3) is 0.583. The van der Waals surface area contributed by atoms with Gasteiger partial charge in [0.15, 0.2) is 5.82 Å². The first-order valence-corrected chi connectivity index (χ1v) is 22.9. The fourth-order valence-corrected chi connectivity index (χ4v) is 7.77. The summed E-state index contributed by atoms with van der Waals surface area (Å²) in [6, 6.07) is 10.7. The van der Waals surface area contributed by atoms with Crippen molar-refractivity contribution in [2.45, 2.75) is 157 Å². The number of nitrogens with zero attached hydrogens (tertiary/aromatic N) is 5. The van der Waals surface area contributed by atoms with Crippen LogP contribution in [-0.4, -0.2) is 98.7 Å². The molecule has 2 bridgehead atoms. The molecular formula is C48H68N10O10. The van der Waals surface area contributed by atoms with Crippen molar-refractivity contribution in [2.24, 2.45) is 20.8 Å². The molecule has 3 saturated carbocycles. The highest BCUT2D eigenvalue weighted by molar-refractivity contribution is 6.00. The van der Waals surface area contributed by atoms with Gasteiger partial charge >= 0.3 is 24.4 Å². The number of carbonyl (C=O) groups excluding carboxylic acids is 6. The number of alkyl carbamates (subject to hydrolysis) is 2. The maximum atomic E-state index is 13.8. The zero-order chi connectivity index (χ0) is 50.3. The number of anilines is 2. The van der Waals surface area contributed by atoms with Crippen molar-refractivity contribution < 1.29 is 47.7 Å². The molecule has 6 amide bonds. The van der Waals surface area contributed by atoms with E-state index in [4.69, 9.17) is 18.9 Å². The van der Waals surface area contributed by atoms with Gasteiger partial charge < -0.3 is 39.8 Å². The van der Waals surface area contributed by atoms with Crippen molar-refractivity contribution in [3.63, 3.8) is 0 Å². The van der Waals surface area contributed by atoms with Gasteiger partial charge in [-0.3, -0.25) is 20.2 Å². The van der Waals surface area contributed by atoms with Crippen molar-refractivity contribution in [1.82, 2.24) is 31.0 Å². The molecule has 20 nitrogen and oxygen atoms in total. The second-order valence-electron chi connectivity index (χ2n) is 21.4. The first kappa shape index (κ1) is 52.4. The lowest BCUT2D eigenvalue weighted by atomic mass is 9.53. The van der Waals surface area contributed by atoms with E-state index < -0.39 is 57.6 Å². The first-order chi connectivity index (χ1) is 31.5. The quantitative estimate of drug-likeness (QED) is 0.0997. The predicted molar refractivity (Wildman–Crippen MR) is 255 cm³/mol. The third-order valence-corrected chi connectivity index (χ3v) is 11.0. The van der Waals surface area contributed by atoms with Gasteiger partial charge in [0.2, 0.25) is 23.7 Å². The van der Waals surface area contributed by atoms with Crippen LogP contribution in [0.2, 0.25) is 0 Å². The summed E-state index contributed by atoms with van der Waals surface area (Å²) >= 11 is 0. The van der Waals surface area contributed by atoms with Gasteiger partial charge in [0.25, 0.3) is 0 Å². The van der Waals surface area contributed by atoms with E-state index in [0.717, 1.165) is 11.1 Å². The molecule has 6 rings (SSSR count). The van der Waals surface area contributed by atoms with E-state index >= 15 is 0 Å². The average Bonchev–Trinajstić information content (AvgIpc) is 3.21. The number of rotatable bonds is 7. The molecule has 0 saturated heterocycles. The normalized spacial score (nSPS) is 20.0. The van der Waals surface area contributed by atoms with Gasteiger partial charge in [-0.25, -0.2) is 19.2 Å². The minimum absolute atomic E-state index is 0.00454. The third kappa shape index (κ3) is 15.8. The number of amides is 6. The zero-order valence-electron chi connectivity index (χ0n) is 41.4. The molecule has 1 aromatic carbocycles. The van der Waals surface area contributed by atoms with E-state index in [1.807, 2.05) is 6.08 Å². The van der Waals surface area contributed by atoms with Crippen LogP contribution in [0.5, 0.6) is 0 Å². The van der Waals surface area contributed by atoms with Crippen molar-refractivity contribution in [3.8, 4) is 0 Å². The summed E-state index contributed by atoms with van der Waals surface area (Å²) < 4.78 is 21.3. The number of guanidine groups is 2. The number of aliphatic imine (C=N–C) groups is 2. The van der Waals surface area contributed by atoms with Crippen LogP contribution in [0.4, 0.5) is 30.7 Å². The summed E-state index contributed by atoms with van der Waals surface area (Å²) in [6.07, 6.45) is 2.46. The van der Waals surface area contributed by atoms with Gasteiger partial charge in [0.05, 0.1) is 5.69 Å². The minimum Gasteiger partial charge on any atom is -0.444 e. The van der Waals surface area contributed by atoms with Gasteiger partial charge in [-0.2, -0.15) is 0 Å². The SMILES string of the molecule is CC(C)(C)OC(=O)/N=C(/NC(=O)OC(C)(C)C)N1CC=C(c2ccc(NC(=O)C34CCC(C(=O)Nc5ccc(CN/C(=N\C(=O)OC(C)(C)C)NC(=O)OC(C)(C)C)cc5)(CC3)CC4)nn2)CC1. The highest BCUT2D eigenvalue weighted by atomic mass is 16.6. The molecule has 0 radical (unpaired) electrons. The Bertz CT molecular complexity index is 2270. The summed E-state index contributed by atoms with van der Waals surface area (Å²) in [5, 5.41) is 22.8. The molecule has 5 N–H and O–H groups in total. The van der Waals surface area contributed by atoms with Crippen LogP contribution in [0, 0.1) is 10.8 Å². The van der Waals surface area contributed by atoms with Crippen molar-refractivity contribution in [2.75, 3.05) is 23.7 Å². The highest BCUT2D eigenvalue weighted by Crippen LogP contribution is 2.57. The molecule has 3 fully saturated rings. The molecule has 4 aliphatic rings. The van der Waals surface area contributed by atoms with Crippen LogP contribution in [0.1, 0.15) is 139 Å². The predicted octanol–water partition coefficient (Wildman–Crippen LogP) is 8.20. The lowest BCUT2D eigenvalue weighted by Gasteiger charge is -2.51. The number of nitrogens with one attached hydrogen (secondary N) is 5. The van der Waals surface area contributed by atoms with Gasteiger partial charge in [-0.15, -0.1) is 20.2 Å². The largest absolute Gasteiger partial charge is 0.444 e. The van der Waals surface area contributed by atoms with Crippen molar-refractivity contribution in [1.29, 1.82) is 0 Å². The molecule has 0 atom stereocenters. The maximum Gasteiger partial charge on any atom is 0.437 e. The summed E-state index contributed by atoms with van der Waals surface area (Å²) in [6.45, 7) is 21.5. The van der Waals surface area contributed by atoms with Gasteiger partial charge in [0.1, 0.15) is 22.4 Å². The lowest BCUT2D eigenvalue weighted by Crippen LogP contribution is -2.52. The number of benzene rings is 1. The number of fused-ring (bicyclic) bond motifs is 3. The van der Waals surface area contributed by atoms with Crippen LogP contribution in [-0.2, 0) is 35.1 Å². The number of ether oxygens (including phenoxy) is 4. The van der Waals surface area contributed by atoms with E-state index in [2.05, 4.69) is 46.8 Å². The smallest absolute Gasteiger partial charge is 0.437 e. The van der Waals surface area contributed by atoms with Crippen LogP contribution in [0.3, 0.4) is 0 Å². The number of hydrogen-bond donors (Lipinski definition) is 5. The molecule has 2 aromatic rings. The monoisotopic (exact) mass is 945 g/mol. The average molecular weight is 945 g/mol. The topological polar surface area (TPSA) is 253 Å². The third-order valence-electron chi connectivity index (χ3n) is 11.0. The summed E-state index contributed by atoms with van der Waals surface area (Å²) in [5.74, 6) is -0.0397. The summed E-state index contributed by atoms with van der Waals surface area (Å²) in [7, 11) is 0. The summed E-state index contributed by atoms with van der Waals surface area (Å²) in [5.41, 5.74) is -1.42. The van der Waals surface area contributed by atoms with E-state index in [1.54, 1.807) is 124 Å². The zero-order valence-corrected chi connectivity index (χ0v) is 41.4.